The zero-order valence-corrected chi connectivity index (χ0v) is 17.4. The summed E-state index contributed by atoms with van der Waals surface area (Å²) in [5.41, 5.74) is 5.48. The van der Waals surface area contributed by atoms with E-state index in [0.717, 1.165) is 33.2 Å². The minimum atomic E-state index is -1.37. The van der Waals surface area contributed by atoms with Crippen molar-refractivity contribution in [1.29, 1.82) is 5.26 Å². The molecule has 0 bridgehead atoms. The van der Waals surface area contributed by atoms with Crippen molar-refractivity contribution in [3.8, 4) is 17.3 Å². The molecule has 0 spiro atoms. The van der Waals surface area contributed by atoms with E-state index in [-0.39, 0.29) is 0 Å². The maximum atomic E-state index is 9.44. The molecule has 3 nitrogen and oxygen atoms in total. The monoisotopic (exact) mass is 371 g/mol. The molecule has 0 N–H and O–H groups in total. The second-order valence-electron chi connectivity index (χ2n) is 8.19. The molecule has 0 radical (unpaired) electrons. The first-order valence-electron chi connectivity index (χ1n) is 9.16. The maximum absolute atomic E-state index is 9.44. The molecule has 0 amide bonds. The Bertz CT molecular complexity index is 1240. The van der Waals surface area contributed by atoms with E-state index in [0.29, 0.717) is 11.1 Å². The van der Waals surface area contributed by atoms with Crippen molar-refractivity contribution in [2.45, 2.75) is 26.6 Å². The van der Waals surface area contributed by atoms with Crippen LogP contribution in [0, 0.1) is 18.3 Å². The van der Waals surface area contributed by atoms with Gasteiger partial charge in [0.15, 0.2) is 11.8 Å². The molecule has 0 atom stereocenters. The average Bonchev–Trinajstić information content (AvgIpc) is 3.00. The third kappa shape index (κ3) is 2.75. The average molecular weight is 372 g/mol. The second kappa shape index (κ2) is 6.07. The molecule has 134 valence electrons. The third-order valence-corrected chi connectivity index (χ3v) is 7.28. The van der Waals surface area contributed by atoms with Gasteiger partial charge in [-0.2, -0.15) is 5.26 Å². The highest BCUT2D eigenvalue weighted by atomic mass is 28.3. The first-order valence-corrected chi connectivity index (χ1v) is 12.7. The van der Waals surface area contributed by atoms with Gasteiger partial charge in [0.2, 0.25) is 5.69 Å². The van der Waals surface area contributed by atoms with Crippen molar-refractivity contribution in [3.05, 3.63) is 59.8 Å². The summed E-state index contributed by atoms with van der Waals surface area (Å²) in [6, 6.07) is 16.7. The van der Waals surface area contributed by atoms with Crippen LogP contribution >= 0.6 is 0 Å². The van der Waals surface area contributed by atoms with Gasteiger partial charge in [-0.1, -0.05) is 50.0 Å². The Labute approximate surface area is 160 Å². The predicted molar refractivity (Wildman–Crippen MR) is 113 cm³/mol. The molecule has 2 aromatic heterocycles. The van der Waals surface area contributed by atoms with Crippen LogP contribution in [0.4, 0.5) is 0 Å². The second-order valence-corrected chi connectivity index (χ2v) is 13.3. The number of aromatic nitrogens is 1. The number of para-hydroxylation sites is 1. The lowest BCUT2D eigenvalue weighted by Gasteiger charge is -2.15. The molecular formula is C23H23N2OSi+. The largest absolute Gasteiger partial charge is 0.454 e. The normalized spacial score (nSPS) is 11.9. The van der Waals surface area contributed by atoms with Crippen LogP contribution in [0.15, 0.2) is 53.1 Å². The van der Waals surface area contributed by atoms with E-state index in [1.54, 1.807) is 6.07 Å². The fraction of sp³-hybridized carbons (Fsp3) is 0.217. The summed E-state index contributed by atoms with van der Waals surface area (Å²) in [6.07, 6.45) is 2.25. The molecule has 0 aliphatic heterocycles. The molecule has 0 aliphatic carbocycles. The van der Waals surface area contributed by atoms with Crippen molar-refractivity contribution in [2.24, 2.45) is 7.05 Å². The minimum absolute atomic E-state index is 0.575. The summed E-state index contributed by atoms with van der Waals surface area (Å²) >= 11 is 0. The van der Waals surface area contributed by atoms with Crippen LogP contribution in [0.2, 0.25) is 19.6 Å². The van der Waals surface area contributed by atoms with Crippen molar-refractivity contribution in [3.63, 3.8) is 0 Å². The minimum Gasteiger partial charge on any atom is -0.454 e. The highest BCUT2D eigenvalue weighted by Crippen LogP contribution is 2.37. The van der Waals surface area contributed by atoms with Crippen LogP contribution < -0.4 is 9.75 Å². The van der Waals surface area contributed by atoms with Gasteiger partial charge in [0.25, 0.3) is 0 Å². The number of benzene rings is 2. The molecule has 0 saturated heterocycles. The SMILES string of the molecule is Cc1ccc2c(oc3c(C#N)cccc32)c1-c1ccc([Si](C)(C)C)c[n+]1C. The third-order valence-electron chi connectivity index (χ3n) is 5.25. The van der Waals surface area contributed by atoms with Crippen molar-refractivity contribution >= 4 is 35.2 Å². The Hall–Kier alpha value is -2.90. The number of fused-ring (bicyclic) bond motifs is 3. The molecule has 0 aliphatic rings. The van der Waals surface area contributed by atoms with Crippen LogP contribution in [-0.2, 0) is 7.05 Å². The van der Waals surface area contributed by atoms with Gasteiger partial charge in [0.05, 0.1) is 19.2 Å². The van der Waals surface area contributed by atoms with E-state index in [9.17, 15) is 5.26 Å². The first-order chi connectivity index (χ1) is 12.8. The van der Waals surface area contributed by atoms with Gasteiger partial charge in [0, 0.05) is 22.0 Å². The van der Waals surface area contributed by atoms with Gasteiger partial charge < -0.3 is 4.42 Å². The number of hydrogen-bond acceptors (Lipinski definition) is 2. The fourth-order valence-corrected chi connectivity index (χ4v) is 4.84. The predicted octanol–water partition coefficient (Wildman–Crippen LogP) is 4.80. The van der Waals surface area contributed by atoms with Crippen molar-refractivity contribution in [2.75, 3.05) is 0 Å². The highest BCUT2D eigenvalue weighted by Gasteiger charge is 2.24. The zero-order valence-electron chi connectivity index (χ0n) is 16.4. The zero-order chi connectivity index (χ0) is 19.3. The van der Waals surface area contributed by atoms with Crippen LogP contribution in [0.1, 0.15) is 11.1 Å². The fourth-order valence-electron chi connectivity index (χ4n) is 3.68. The van der Waals surface area contributed by atoms with Gasteiger partial charge in [0.1, 0.15) is 18.7 Å². The first kappa shape index (κ1) is 17.5. The Balaban J connectivity index is 2.05. The smallest absolute Gasteiger partial charge is 0.216 e. The Morgan fingerprint density at radius 3 is 2.37 bits per heavy atom. The Kier molecular flexibility index (Phi) is 3.94. The van der Waals surface area contributed by atoms with Crippen molar-refractivity contribution < 1.29 is 8.98 Å². The van der Waals surface area contributed by atoms with Crippen LogP contribution in [0.25, 0.3) is 33.2 Å². The van der Waals surface area contributed by atoms with Crippen molar-refractivity contribution in [1.82, 2.24) is 0 Å². The van der Waals surface area contributed by atoms with E-state index >= 15 is 0 Å². The molecule has 4 aromatic rings. The topological polar surface area (TPSA) is 40.8 Å². The van der Waals surface area contributed by atoms with Gasteiger partial charge in [-0.15, -0.1) is 0 Å². The Morgan fingerprint density at radius 2 is 1.70 bits per heavy atom. The van der Waals surface area contributed by atoms with E-state index < -0.39 is 8.07 Å². The van der Waals surface area contributed by atoms with Gasteiger partial charge in [-0.05, 0) is 18.6 Å². The van der Waals surface area contributed by atoms with E-state index in [1.165, 1.54) is 5.19 Å². The standard InChI is InChI=1S/C23H23N2OSi/c1-15-9-11-19-18-8-6-7-16(13-24)22(18)26-23(19)21(15)20-12-10-17(14-25(20)2)27(3,4)5/h6-12,14H,1-5H3/q+1. The van der Waals surface area contributed by atoms with E-state index in [1.807, 2.05) is 12.1 Å². The number of pyridine rings is 1. The van der Waals surface area contributed by atoms with Gasteiger partial charge >= 0.3 is 0 Å². The van der Waals surface area contributed by atoms with Crippen LogP contribution in [0.5, 0.6) is 0 Å². The van der Waals surface area contributed by atoms with Gasteiger partial charge in [-0.25, -0.2) is 4.57 Å². The molecule has 27 heavy (non-hydrogen) atoms. The molecule has 0 unspecified atom stereocenters. The molecule has 0 fully saturated rings. The molecule has 2 aromatic carbocycles. The maximum Gasteiger partial charge on any atom is 0.216 e. The van der Waals surface area contributed by atoms with Crippen LogP contribution in [-0.4, -0.2) is 8.07 Å². The lowest BCUT2D eigenvalue weighted by atomic mass is 10.0. The summed E-state index contributed by atoms with van der Waals surface area (Å²) in [6.45, 7) is 9.18. The summed E-state index contributed by atoms with van der Waals surface area (Å²) in [5, 5.41) is 12.9. The number of rotatable bonds is 2. The molecule has 4 heteroatoms. The number of hydrogen-bond donors (Lipinski definition) is 0. The molecular weight excluding hydrogens is 348 g/mol. The lowest BCUT2D eigenvalue weighted by molar-refractivity contribution is -0.659. The van der Waals surface area contributed by atoms with E-state index in [2.05, 4.69) is 74.7 Å². The molecule has 0 saturated carbocycles. The number of nitrogens with zero attached hydrogens (tertiary/aromatic N) is 2. The summed E-state index contributed by atoms with van der Waals surface area (Å²) in [7, 11) is 0.723. The number of nitriles is 1. The number of aryl methyl sites for hydroxylation is 2. The Morgan fingerprint density at radius 1 is 0.963 bits per heavy atom. The quantitative estimate of drug-likeness (QED) is 0.375. The molecule has 2 heterocycles. The van der Waals surface area contributed by atoms with Gasteiger partial charge in [-0.3, -0.25) is 0 Å². The lowest BCUT2D eigenvalue weighted by Crippen LogP contribution is -2.45. The van der Waals surface area contributed by atoms with E-state index in [4.69, 9.17) is 4.42 Å². The molecule has 4 rings (SSSR count). The summed E-state index contributed by atoms with van der Waals surface area (Å²) in [5.74, 6) is 0. The summed E-state index contributed by atoms with van der Waals surface area (Å²) in [4.78, 5) is 0. The van der Waals surface area contributed by atoms with Crippen LogP contribution in [0.3, 0.4) is 0 Å². The number of furan rings is 1. The highest BCUT2D eigenvalue weighted by molar-refractivity contribution is 6.88. The summed E-state index contributed by atoms with van der Waals surface area (Å²) < 4.78 is 8.47.